The number of nitrogens with zero attached hydrogens (tertiary/aromatic N) is 2. The fraction of sp³-hybridized carbons (Fsp3) is 1.00. The van der Waals surface area contributed by atoms with E-state index in [1.807, 2.05) is 0 Å². The van der Waals surface area contributed by atoms with E-state index in [0.29, 0.717) is 12.1 Å². The molecule has 108 valence electrons. The molecule has 0 radical (unpaired) electrons. The summed E-state index contributed by atoms with van der Waals surface area (Å²) in [5, 5.41) is 0. The molecule has 1 aliphatic rings. The van der Waals surface area contributed by atoms with Crippen LogP contribution in [-0.4, -0.2) is 67.8 Å². The van der Waals surface area contributed by atoms with Crippen molar-refractivity contribution in [3.8, 4) is 0 Å². The van der Waals surface area contributed by atoms with Crippen molar-refractivity contribution in [3.05, 3.63) is 0 Å². The molecule has 1 heterocycles. The van der Waals surface area contributed by atoms with Gasteiger partial charge in [-0.3, -0.25) is 4.90 Å². The fourth-order valence-corrected chi connectivity index (χ4v) is 3.42. The van der Waals surface area contributed by atoms with E-state index >= 15 is 0 Å². The van der Waals surface area contributed by atoms with Gasteiger partial charge in [0.1, 0.15) is 0 Å². The van der Waals surface area contributed by atoms with Crippen LogP contribution in [0.4, 0.5) is 0 Å². The van der Waals surface area contributed by atoms with Gasteiger partial charge in [-0.05, 0) is 46.8 Å². The number of piperidine rings is 1. The second-order valence-corrected chi connectivity index (χ2v) is 5.80. The summed E-state index contributed by atoms with van der Waals surface area (Å²) in [6, 6.07) is 1.03. The molecule has 1 aliphatic heterocycles. The van der Waals surface area contributed by atoms with Crippen molar-refractivity contribution < 1.29 is 4.74 Å². The second-order valence-electron chi connectivity index (χ2n) is 5.80. The van der Waals surface area contributed by atoms with E-state index in [-0.39, 0.29) is 5.54 Å². The van der Waals surface area contributed by atoms with Gasteiger partial charge in [0, 0.05) is 31.3 Å². The maximum Gasteiger partial charge on any atom is 0.0615 e. The first-order chi connectivity index (χ1) is 8.50. The van der Waals surface area contributed by atoms with Gasteiger partial charge in [-0.15, -0.1) is 0 Å². The summed E-state index contributed by atoms with van der Waals surface area (Å²) in [6.07, 6.45) is 2.31. The molecule has 0 aromatic rings. The maximum atomic E-state index is 6.16. The Morgan fingerprint density at radius 2 is 2.22 bits per heavy atom. The lowest BCUT2D eigenvalue weighted by atomic mass is 9.81. The Bertz CT molecular complexity index is 249. The molecular formula is C14H31N3O. The van der Waals surface area contributed by atoms with Crippen LogP contribution in [0, 0.1) is 0 Å². The summed E-state index contributed by atoms with van der Waals surface area (Å²) in [5.74, 6) is 0. The number of methoxy groups -OCH3 is 1. The van der Waals surface area contributed by atoms with Gasteiger partial charge < -0.3 is 15.4 Å². The second kappa shape index (κ2) is 6.85. The minimum Gasteiger partial charge on any atom is -0.383 e. The molecule has 2 N–H and O–H groups in total. The first-order valence-corrected chi connectivity index (χ1v) is 7.16. The molecule has 18 heavy (non-hydrogen) atoms. The third-order valence-corrected chi connectivity index (χ3v) is 4.63. The SMILES string of the molecule is CCN(C(C)COC)C1(CN)CCN(C)C(C)C1. The number of likely N-dealkylation sites (N-methyl/N-ethyl adjacent to an activating group) is 1. The van der Waals surface area contributed by atoms with Crippen LogP contribution in [0.15, 0.2) is 0 Å². The van der Waals surface area contributed by atoms with Gasteiger partial charge in [-0.2, -0.15) is 0 Å². The zero-order valence-electron chi connectivity index (χ0n) is 12.8. The first kappa shape index (κ1) is 15.9. The minimum atomic E-state index is 0.151. The lowest BCUT2D eigenvalue weighted by molar-refractivity contribution is -0.0281. The van der Waals surface area contributed by atoms with Crippen molar-refractivity contribution in [1.82, 2.24) is 9.80 Å². The molecule has 1 saturated heterocycles. The molecular weight excluding hydrogens is 226 g/mol. The smallest absolute Gasteiger partial charge is 0.0615 e. The summed E-state index contributed by atoms with van der Waals surface area (Å²) in [6.45, 7) is 10.5. The van der Waals surface area contributed by atoms with Gasteiger partial charge >= 0.3 is 0 Å². The van der Waals surface area contributed by atoms with E-state index in [2.05, 4.69) is 37.6 Å². The normalized spacial score (nSPS) is 31.8. The number of hydrogen-bond donors (Lipinski definition) is 1. The van der Waals surface area contributed by atoms with E-state index in [1.54, 1.807) is 7.11 Å². The highest BCUT2D eigenvalue weighted by Gasteiger charge is 2.41. The summed E-state index contributed by atoms with van der Waals surface area (Å²) in [4.78, 5) is 4.99. The zero-order valence-corrected chi connectivity index (χ0v) is 12.8. The number of ether oxygens (including phenoxy) is 1. The predicted molar refractivity (Wildman–Crippen MR) is 76.8 cm³/mol. The topological polar surface area (TPSA) is 41.7 Å². The molecule has 0 bridgehead atoms. The van der Waals surface area contributed by atoms with Gasteiger partial charge in [0.05, 0.1) is 6.61 Å². The van der Waals surface area contributed by atoms with Crippen molar-refractivity contribution in [2.75, 3.05) is 40.4 Å². The van der Waals surface area contributed by atoms with Crippen LogP contribution >= 0.6 is 0 Å². The largest absolute Gasteiger partial charge is 0.383 e. The fourth-order valence-electron chi connectivity index (χ4n) is 3.42. The molecule has 0 spiro atoms. The van der Waals surface area contributed by atoms with Crippen LogP contribution in [0.1, 0.15) is 33.6 Å². The van der Waals surface area contributed by atoms with Crippen LogP contribution in [0.2, 0.25) is 0 Å². The Hall–Kier alpha value is -0.160. The van der Waals surface area contributed by atoms with Crippen molar-refractivity contribution in [2.45, 2.75) is 51.2 Å². The van der Waals surface area contributed by atoms with Crippen molar-refractivity contribution in [1.29, 1.82) is 0 Å². The molecule has 0 saturated carbocycles. The summed E-state index contributed by atoms with van der Waals surface area (Å²) in [7, 11) is 3.98. The predicted octanol–water partition coefficient (Wildman–Crippen LogP) is 1.15. The summed E-state index contributed by atoms with van der Waals surface area (Å²) in [5.41, 5.74) is 6.31. The lowest BCUT2D eigenvalue weighted by Crippen LogP contribution is -2.63. The maximum absolute atomic E-state index is 6.16. The van der Waals surface area contributed by atoms with E-state index in [4.69, 9.17) is 10.5 Å². The third-order valence-electron chi connectivity index (χ3n) is 4.63. The monoisotopic (exact) mass is 257 g/mol. The highest BCUT2D eigenvalue weighted by Crippen LogP contribution is 2.32. The van der Waals surface area contributed by atoms with Crippen LogP contribution in [0.3, 0.4) is 0 Å². The molecule has 4 nitrogen and oxygen atoms in total. The Morgan fingerprint density at radius 3 is 2.67 bits per heavy atom. The number of likely N-dealkylation sites (tertiary alicyclic amines) is 1. The van der Waals surface area contributed by atoms with Crippen molar-refractivity contribution in [2.24, 2.45) is 5.73 Å². The molecule has 1 rings (SSSR count). The number of rotatable bonds is 6. The molecule has 4 heteroatoms. The van der Waals surface area contributed by atoms with Gasteiger partial charge in [0.15, 0.2) is 0 Å². The minimum absolute atomic E-state index is 0.151. The molecule has 0 amide bonds. The van der Waals surface area contributed by atoms with Crippen LogP contribution < -0.4 is 5.73 Å². The Morgan fingerprint density at radius 1 is 1.56 bits per heavy atom. The third kappa shape index (κ3) is 3.23. The molecule has 3 atom stereocenters. The Balaban J connectivity index is 2.84. The van der Waals surface area contributed by atoms with Crippen LogP contribution in [0.5, 0.6) is 0 Å². The van der Waals surface area contributed by atoms with E-state index < -0.39 is 0 Å². The Labute approximate surface area is 112 Å². The molecule has 3 unspecified atom stereocenters. The lowest BCUT2D eigenvalue weighted by Gasteiger charge is -2.52. The van der Waals surface area contributed by atoms with Gasteiger partial charge in [-0.1, -0.05) is 6.92 Å². The Kier molecular flexibility index (Phi) is 6.05. The standard InChI is InChI=1S/C14H31N3O/c1-6-17(13(3)10-18-5)14(11-15)7-8-16(4)12(2)9-14/h12-13H,6-11,15H2,1-5H3. The quantitative estimate of drug-likeness (QED) is 0.775. The van der Waals surface area contributed by atoms with Gasteiger partial charge in [-0.25, -0.2) is 0 Å². The molecule has 0 aliphatic carbocycles. The molecule has 0 aromatic heterocycles. The average Bonchev–Trinajstić information content (AvgIpc) is 2.35. The van der Waals surface area contributed by atoms with Gasteiger partial charge in [0.25, 0.3) is 0 Å². The van der Waals surface area contributed by atoms with Gasteiger partial charge in [0.2, 0.25) is 0 Å². The highest BCUT2D eigenvalue weighted by molar-refractivity contribution is 4.99. The van der Waals surface area contributed by atoms with Crippen molar-refractivity contribution >= 4 is 0 Å². The van der Waals surface area contributed by atoms with E-state index in [9.17, 15) is 0 Å². The summed E-state index contributed by atoms with van der Waals surface area (Å²) >= 11 is 0. The van der Waals surface area contributed by atoms with E-state index in [0.717, 1.165) is 39.1 Å². The van der Waals surface area contributed by atoms with E-state index in [1.165, 1.54) is 0 Å². The average molecular weight is 257 g/mol. The first-order valence-electron chi connectivity index (χ1n) is 7.16. The van der Waals surface area contributed by atoms with Crippen LogP contribution in [0.25, 0.3) is 0 Å². The number of nitrogens with two attached hydrogens (primary N) is 1. The summed E-state index contributed by atoms with van der Waals surface area (Å²) < 4.78 is 5.32. The highest BCUT2D eigenvalue weighted by atomic mass is 16.5. The van der Waals surface area contributed by atoms with Crippen LogP contribution in [-0.2, 0) is 4.74 Å². The molecule has 0 aromatic carbocycles. The van der Waals surface area contributed by atoms with Crippen molar-refractivity contribution in [3.63, 3.8) is 0 Å². The number of hydrogen-bond acceptors (Lipinski definition) is 4. The zero-order chi connectivity index (χ0) is 13.8. The molecule has 1 fully saturated rings.